The van der Waals surface area contributed by atoms with Gasteiger partial charge in [-0.05, 0) is 80.4 Å². The van der Waals surface area contributed by atoms with Gasteiger partial charge in [0, 0.05) is 23.9 Å². The largest absolute Gasteiger partial charge is 0.363 e. The van der Waals surface area contributed by atoms with Gasteiger partial charge in [0.2, 0.25) is 0 Å². The molecule has 0 bridgehead atoms. The minimum atomic E-state index is 0.739. The predicted molar refractivity (Wildman–Crippen MR) is 160 cm³/mol. The fourth-order valence-electron chi connectivity index (χ4n) is 4.45. The van der Waals surface area contributed by atoms with E-state index in [1.165, 1.54) is 23.4 Å². The van der Waals surface area contributed by atoms with Crippen LogP contribution < -0.4 is 4.90 Å². The van der Waals surface area contributed by atoms with Crippen LogP contribution in [0.1, 0.15) is 18.4 Å². The summed E-state index contributed by atoms with van der Waals surface area (Å²) in [4.78, 5) is 2.42. The lowest BCUT2D eigenvalue weighted by molar-refractivity contribution is 0.949. The van der Waals surface area contributed by atoms with Crippen molar-refractivity contribution in [3.8, 4) is 0 Å². The molecule has 5 aromatic rings. The molecule has 0 radical (unpaired) electrons. The lowest BCUT2D eigenvalue weighted by Crippen LogP contribution is -2.15. The van der Waals surface area contributed by atoms with Crippen molar-refractivity contribution in [1.82, 2.24) is 0 Å². The molecule has 1 aliphatic rings. The second-order valence-electron chi connectivity index (χ2n) is 9.41. The Hall–Kier alpha value is -4.56. The molecular formula is C31H27N7S. The van der Waals surface area contributed by atoms with E-state index in [2.05, 4.69) is 41.7 Å². The lowest BCUT2D eigenvalue weighted by atomic mass is 10.1. The SMILES string of the molecule is Cc1ccc(N=Nc2ccc(N=Nc3ccc(N=Nc4ccc(N5CCCC5)s4)c4ccccc34)cc2)cc1. The lowest BCUT2D eigenvalue weighted by Gasteiger charge is -2.13. The van der Waals surface area contributed by atoms with Gasteiger partial charge in [0.05, 0.1) is 33.4 Å². The number of thiophene rings is 1. The maximum atomic E-state index is 4.58. The first-order chi connectivity index (χ1) is 19.2. The predicted octanol–water partition coefficient (Wildman–Crippen LogP) is 11.1. The number of aryl methyl sites for hydroxylation is 1. The van der Waals surface area contributed by atoms with Crippen LogP contribution in [0.15, 0.2) is 128 Å². The molecular weight excluding hydrogens is 502 g/mol. The molecule has 39 heavy (non-hydrogen) atoms. The molecule has 0 unspecified atom stereocenters. The van der Waals surface area contributed by atoms with Gasteiger partial charge in [0.15, 0.2) is 0 Å². The Labute approximate surface area is 231 Å². The first-order valence-electron chi connectivity index (χ1n) is 13.0. The van der Waals surface area contributed by atoms with Crippen molar-refractivity contribution in [3.63, 3.8) is 0 Å². The average molecular weight is 530 g/mol. The molecule has 0 saturated carbocycles. The van der Waals surface area contributed by atoms with Crippen LogP contribution in [0.25, 0.3) is 10.8 Å². The van der Waals surface area contributed by atoms with E-state index in [0.29, 0.717) is 0 Å². The number of hydrogen-bond acceptors (Lipinski definition) is 8. The third kappa shape index (κ3) is 5.97. The van der Waals surface area contributed by atoms with Gasteiger partial charge in [0.1, 0.15) is 5.00 Å². The van der Waals surface area contributed by atoms with Gasteiger partial charge in [-0.1, -0.05) is 53.3 Å². The van der Waals surface area contributed by atoms with Gasteiger partial charge in [-0.25, -0.2) is 0 Å². The summed E-state index contributed by atoms with van der Waals surface area (Å²) in [7, 11) is 0. The molecule has 0 spiro atoms. The molecule has 0 aliphatic carbocycles. The Balaban J connectivity index is 1.18. The van der Waals surface area contributed by atoms with E-state index in [9.17, 15) is 0 Å². The summed E-state index contributed by atoms with van der Waals surface area (Å²) in [5.74, 6) is 0. The fraction of sp³-hybridized carbons (Fsp3) is 0.161. The zero-order chi connectivity index (χ0) is 26.4. The maximum absolute atomic E-state index is 4.58. The number of hydrogen-bond donors (Lipinski definition) is 0. The molecule has 1 fully saturated rings. The van der Waals surface area contributed by atoms with Crippen molar-refractivity contribution in [2.24, 2.45) is 30.7 Å². The molecule has 192 valence electrons. The van der Waals surface area contributed by atoms with Crippen LogP contribution in [-0.4, -0.2) is 13.1 Å². The minimum absolute atomic E-state index is 0.739. The number of benzene rings is 4. The van der Waals surface area contributed by atoms with Gasteiger partial charge in [-0.15, -0.1) is 15.3 Å². The fourth-order valence-corrected chi connectivity index (χ4v) is 5.33. The van der Waals surface area contributed by atoms with E-state index < -0.39 is 0 Å². The summed E-state index contributed by atoms with van der Waals surface area (Å²) < 4.78 is 0. The van der Waals surface area contributed by atoms with Crippen molar-refractivity contribution >= 4 is 60.5 Å². The summed E-state index contributed by atoms with van der Waals surface area (Å²) in [6.45, 7) is 4.30. The van der Waals surface area contributed by atoms with Crippen LogP contribution in [0.5, 0.6) is 0 Å². The zero-order valence-corrected chi connectivity index (χ0v) is 22.4. The summed E-state index contributed by atoms with van der Waals surface area (Å²) in [5, 5.41) is 30.8. The van der Waals surface area contributed by atoms with E-state index in [1.807, 2.05) is 97.9 Å². The molecule has 6 rings (SSSR count). The first kappa shape index (κ1) is 24.8. The standard InChI is InChI=1S/C31H27N7S/c1-22-8-10-23(11-9-22)32-33-24-12-14-25(15-13-24)34-35-28-16-17-29(27-7-3-2-6-26(27)28)36-37-30-18-19-31(39-30)38-20-4-5-21-38/h2-3,6-19H,4-5,20-21H2,1H3. The molecule has 7 nitrogen and oxygen atoms in total. The van der Waals surface area contributed by atoms with Crippen LogP contribution in [0, 0.1) is 6.92 Å². The van der Waals surface area contributed by atoms with Crippen LogP contribution in [0.2, 0.25) is 0 Å². The van der Waals surface area contributed by atoms with Crippen LogP contribution in [-0.2, 0) is 0 Å². The number of nitrogens with zero attached hydrogens (tertiary/aromatic N) is 7. The molecule has 1 saturated heterocycles. The first-order valence-corrected chi connectivity index (χ1v) is 13.8. The second kappa shape index (κ2) is 11.4. The van der Waals surface area contributed by atoms with Gasteiger partial charge >= 0.3 is 0 Å². The van der Waals surface area contributed by atoms with Crippen molar-refractivity contribution in [2.75, 3.05) is 18.0 Å². The minimum Gasteiger partial charge on any atom is -0.363 e. The molecule has 0 atom stereocenters. The van der Waals surface area contributed by atoms with E-state index in [0.717, 1.165) is 57.3 Å². The van der Waals surface area contributed by atoms with Crippen LogP contribution >= 0.6 is 11.3 Å². The molecule has 1 aromatic heterocycles. The Morgan fingerprint density at radius 2 is 1.05 bits per heavy atom. The van der Waals surface area contributed by atoms with Gasteiger partial charge < -0.3 is 4.90 Å². The van der Waals surface area contributed by atoms with Gasteiger partial charge in [-0.3, -0.25) is 0 Å². The summed E-state index contributed by atoms with van der Waals surface area (Å²) in [5.41, 5.74) is 5.10. The summed E-state index contributed by atoms with van der Waals surface area (Å²) in [6, 6.07) is 31.6. The van der Waals surface area contributed by atoms with E-state index in [1.54, 1.807) is 11.3 Å². The Bertz CT molecular complexity index is 1660. The number of azo groups is 3. The third-order valence-corrected chi connectivity index (χ3v) is 7.60. The Kier molecular flexibility index (Phi) is 7.27. The van der Waals surface area contributed by atoms with Crippen LogP contribution in [0.3, 0.4) is 0 Å². The van der Waals surface area contributed by atoms with E-state index in [4.69, 9.17) is 0 Å². The third-order valence-electron chi connectivity index (χ3n) is 6.57. The topological polar surface area (TPSA) is 77.4 Å². The van der Waals surface area contributed by atoms with Crippen molar-refractivity contribution in [1.29, 1.82) is 0 Å². The molecule has 1 aliphatic heterocycles. The Morgan fingerprint density at radius 1 is 0.538 bits per heavy atom. The number of fused-ring (bicyclic) bond motifs is 1. The number of anilines is 1. The normalized spacial score (nSPS) is 14.0. The highest BCUT2D eigenvalue weighted by Crippen LogP contribution is 2.38. The molecule has 0 N–H and O–H groups in total. The average Bonchev–Trinajstić information content (AvgIpc) is 3.68. The molecule has 4 aromatic carbocycles. The van der Waals surface area contributed by atoms with Crippen LogP contribution in [0.4, 0.5) is 38.4 Å². The zero-order valence-electron chi connectivity index (χ0n) is 21.6. The van der Waals surface area contributed by atoms with Gasteiger partial charge in [-0.2, -0.15) is 15.3 Å². The Morgan fingerprint density at radius 3 is 1.64 bits per heavy atom. The highest BCUT2D eigenvalue weighted by atomic mass is 32.1. The molecule has 8 heteroatoms. The molecule has 0 amide bonds. The summed E-state index contributed by atoms with van der Waals surface area (Å²) >= 11 is 1.69. The van der Waals surface area contributed by atoms with Crippen molar-refractivity contribution in [3.05, 3.63) is 103 Å². The van der Waals surface area contributed by atoms with Crippen molar-refractivity contribution in [2.45, 2.75) is 19.8 Å². The monoisotopic (exact) mass is 529 g/mol. The maximum Gasteiger partial charge on any atom is 0.140 e. The molecule has 2 heterocycles. The van der Waals surface area contributed by atoms with Gasteiger partial charge in [0.25, 0.3) is 0 Å². The summed E-state index contributed by atoms with van der Waals surface area (Å²) in [6.07, 6.45) is 2.52. The van der Waals surface area contributed by atoms with E-state index in [-0.39, 0.29) is 0 Å². The van der Waals surface area contributed by atoms with E-state index >= 15 is 0 Å². The second-order valence-corrected chi connectivity index (χ2v) is 10.4. The quantitative estimate of drug-likeness (QED) is 0.193. The number of rotatable bonds is 7. The van der Waals surface area contributed by atoms with Crippen molar-refractivity contribution < 1.29 is 0 Å². The highest BCUT2D eigenvalue weighted by molar-refractivity contribution is 7.19. The smallest absolute Gasteiger partial charge is 0.140 e. The highest BCUT2D eigenvalue weighted by Gasteiger charge is 2.14.